The number of allylic oxidation sites excluding steroid dienone is 3. The number of hydrogen-bond donors (Lipinski definition) is 1. The molecule has 0 aromatic carbocycles. The molecule has 1 aliphatic heterocycles. The van der Waals surface area contributed by atoms with Gasteiger partial charge in [0.15, 0.2) is 16.1 Å². The molecule has 5 heteroatoms. The third-order valence-corrected chi connectivity index (χ3v) is 2.71. The van der Waals surface area contributed by atoms with Crippen LogP contribution in [0.15, 0.2) is 35.0 Å². The molecule has 0 saturated carbocycles. The van der Waals surface area contributed by atoms with Crippen LogP contribution in [-0.2, 0) is 14.6 Å². The van der Waals surface area contributed by atoms with Crippen LogP contribution < -0.4 is 5.32 Å². The number of carbonyl (C=O) groups is 1. The normalized spacial score (nSPS) is 17.2. The van der Waals surface area contributed by atoms with E-state index in [1.807, 2.05) is 0 Å². The zero-order valence-electron chi connectivity index (χ0n) is 7.07. The number of sulfone groups is 1. The van der Waals surface area contributed by atoms with Crippen LogP contribution in [-0.4, -0.2) is 21.0 Å². The van der Waals surface area contributed by atoms with Crippen molar-refractivity contribution >= 4 is 16.1 Å². The second-order valence-corrected chi connectivity index (χ2v) is 4.63. The first-order valence-corrected chi connectivity index (χ1v) is 5.38. The Balaban J connectivity index is 3.16. The van der Waals surface area contributed by atoms with Crippen molar-refractivity contribution in [2.75, 3.05) is 6.26 Å². The van der Waals surface area contributed by atoms with Crippen molar-refractivity contribution in [2.24, 2.45) is 0 Å². The molecule has 13 heavy (non-hydrogen) atoms. The maximum absolute atomic E-state index is 11.1. The van der Waals surface area contributed by atoms with E-state index >= 15 is 0 Å². The smallest absolute Gasteiger partial charge is 0.177 e. The number of nitrogens with one attached hydrogen (secondary N) is 1. The van der Waals surface area contributed by atoms with Crippen LogP contribution in [0.2, 0.25) is 0 Å². The molecule has 1 rings (SSSR count). The van der Waals surface area contributed by atoms with Crippen molar-refractivity contribution in [2.45, 2.75) is 0 Å². The average Bonchev–Trinajstić information content (AvgIpc) is 2.01. The molecule has 0 amide bonds. The van der Waals surface area contributed by atoms with Crippen molar-refractivity contribution in [3.05, 3.63) is 35.0 Å². The molecular formula is C8H9NO3S. The lowest BCUT2D eigenvalue weighted by molar-refractivity contribution is -0.105. The first-order chi connectivity index (χ1) is 5.95. The first kappa shape index (κ1) is 9.73. The fourth-order valence-electron chi connectivity index (χ4n) is 0.960. The van der Waals surface area contributed by atoms with Gasteiger partial charge in [0.05, 0.1) is 16.3 Å². The lowest BCUT2D eigenvalue weighted by Gasteiger charge is -2.14. The summed E-state index contributed by atoms with van der Waals surface area (Å²) in [5.74, 6) is 0. The second kappa shape index (κ2) is 3.18. The molecule has 1 heterocycles. The Bertz CT molecular complexity index is 415. The first-order valence-electron chi connectivity index (χ1n) is 3.48. The third kappa shape index (κ3) is 2.06. The van der Waals surface area contributed by atoms with Crippen LogP contribution in [0.25, 0.3) is 0 Å². The van der Waals surface area contributed by atoms with Crippen molar-refractivity contribution in [3.8, 4) is 0 Å². The molecule has 1 N–H and O–H groups in total. The number of carbonyl (C=O) groups excluding carboxylic acids is 1. The van der Waals surface area contributed by atoms with Gasteiger partial charge in [0.25, 0.3) is 0 Å². The number of dihydropyridines is 1. The summed E-state index contributed by atoms with van der Waals surface area (Å²) >= 11 is 0. The van der Waals surface area contributed by atoms with Gasteiger partial charge in [-0.25, -0.2) is 8.42 Å². The van der Waals surface area contributed by atoms with E-state index in [4.69, 9.17) is 0 Å². The molecule has 1 aliphatic rings. The highest BCUT2D eigenvalue weighted by molar-refractivity contribution is 7.94. The van der Waals surface area contributed by atoms with Gasteiger partial charge in [-0.05, 0) is 12.2 Å². The minimum absolute atomic E-state index is 0.109. The van der Waals surface area contributed by atoms with E-state index in [2.05, 4.69) is 11.9 Å². The summed E-state index contributed by atoms with van der Waals surface area (Å²) in [5, 5.41) is 2.57. The molecule has 0 fully saturated rings. The van der Waals surface area contributed by atoms with Crippen molar-refractivity contribution in [3.63, 3.8) is 0 Å². The molecule has 0 radical (unpaired) electrons. The van der Waals surface area contributed by atoms with Crippen LogP contribution in [0, 0.1) is 0 Å². The largest absolute Gasteiger partial charge is 0.352 e. The Morgan fingerprint density at radius 1 is 1.46 bits per heavy atom. The molecule has 0 unspecified atom stereocenters. The quantitative estimate of drug-likeness (QED) is 0.641. The van der Waals surface area contributed by atoms with Gasteiger partial charge in [-0.1, -0.05) is 6.58 Å². The van der Waals surface area contributed by atoms with Crippen LogP contribution in [0.1, 0.15) is 0 Å². The fraction of sp³-hybridized carbons (Fsp3) is 0.125. The molecule has 0 spiro atoms. The minimum Gasteiger partial charge on any atom is -0.352 e. The Labute approximate surface area is 76.6 Å². The number of hydrogen-bond acceptors (Lipinski definition) is 4. The molecule has 0 aromatic heterocycles. The summed E-state index contributed by atoms with van der Waals surface area (Å²) in [4.78, 5) is 10.4. The zero-order chi connectivity index (χ0) is 10.1. The highest BCUT2D eigenvalue weighted by atomic mass is 32.2. The maximum atomic E-state index is 11.1. The van der Waals surface area contributed by atoms with Gasteiger partial charge in [-0.3, -0.25) is 4.79 Å². The van der Waals surface area contributed by atoms with Crippen LogP contribution in [0.4, 0.5) is 0 Å². The molecule has 0 aromatic rings. The SMILES string of the molecule is C=C1NC(C=O)=CC=C1S(C)(=O)=O. The van der Waals surface area contributed by atoms with Crippen molar-refractivity contribution in [1.82, 2.24) is 5.32 Å². The number of rotatable bonds is 2. The van der Waals surface area contributed by atoms with E-state index in [1.165, 1.54) is 12.2 Å². The summed E-state index contributed by atoms with van der Waals surface area (Å²) in [5.41, 5.74) is 0.532. The zero-order valence-corrected chi connectivity index (χ0v) is 7.89. The predicted octanol–water partition coefficient (Wildman–Crippen LogP) is 0.115. The lowest BCUT2D eigenvalue weighted by Crippen LogP contribution is -2.21. The van der Waals surface area contributed by atoms with E-state index < -0.39 is 9.84 Å². The van der Waals surface area contributed by atoms with Crippen LogP contribution in [0.5, 0.6) is 0 Å². The van der Waals surface area contributed by atoms with Gasteiger partial charge in [0.2, 0.25) is 0 Å². The average molecular weight is 199 g/mol. The van der Waals surface area contributed by atoms with Crippen LogP contribution in [0.3, 0.4) is 0 Å². The molecular weight excluding hydrogens is 190 g/mol. The third-order valence-electron chi connectivity index (χ3n) is 1.53. The topological polar surface area (TPSA) is 63.2 Å². The summed E-state index contributed by atoms with van der Waals surface area (Å²) in [6.07, 6.45) is 4.45. The van der Waals surface area contributed by atoms with Gasteiger partial charge in [0.1, 0.15) is 0 Å². The van der Waals surface area contributed by atoms with Gasteiger partial charge >= 0.3 is 0 Å². The Morgan fingerprint density at radius 3 is 2.46 bits per heavy atom. The Kier molecular flexibility index (Phi) is 2.38. The Morgan fingerprint density at radius 2 is 2.08 bits per heavy atom. The predicted molar refractivity (Wildman–Crippen MR) is 49.3 cm³/mol. The highest BCUT2D eigenvalue weighted by Crippen LogP contribution is 2.17. The van der Waals surface area contributed by atoms with E-state index in [0.717, 1.165) is 6.26 Å². The molecule has 0 aliphatic carbocycles. The number of aldehydes is 1. The van der Waals surface area contributed by atoms with Crippen molar-refractivity contribution in [1.29, 1.82) is 0 Å². The van der Waals surface area contributed by atoms with E-state index in [0.29, 0.717) is 12.0 Å². The molecule has 0 bridgehead atoms. The highest BCUT2D eigenvalue weighted by Gasteiger charge is 2.17. The molecule has 4 nitrogen and oxygen atoms in total. The van der Waals surface area contributed by atoms with Gasteiger partial charge in [0, 0.05) is 6.26 Å². The summed E-state index contributed by atoms with van der Waals surface area (Å²) in [6, 6.07) is 0. The van der Waals surface area contributed by atoms with Gasteiger partial charge < -0.3 is 5.32 Å². The summed E-state index contributed by atoms with van der Waals surface area (Å²) in [7, 11) is -3.27. The minimum atomic E-state index is -3.27. The summed E-state index contributed by atoms with van der Waals surface area (Å²) in [6.45, 7) is 3.50. The standard InChI is InChI=1S/C8H9NO3S/c1-6-8(13(2,11)12)4-3-7(5-10)9-6/h3-5,9H,1H2,2H3. The fourth-order valence-corrected chi connectivity index (χ4v) is 1.77. The van der Waals surface area contributed by atoms with Gasteiger partial charge in [-0.2, -0.15) is 0 Å². The molecule has 0 atom stereocenters. The maximum Gasteiger partial charge on any atom is 0.177 e. The van der Waals surface area contributed by atoms with Crippen molar-refractivity contribution < 1.29 is 13.2 Å². The molecule has 0 saturated heterocycles. The second-order valence-electron chi connectivity index (χ2n) is 2.65. The van der Waals surface area contributed by atoms with Gasteiger partial charge in [-0.15, -0.1) is 0 Å². The van der Waals surface area contributed by atoms with Crippen LogP contribution >= 0.6 is 0 Å². The lowest BCUT2D eigenvalue weighted by atomic mass is 10.2. The monoisotopic (exact) mass is 199 g/mol. The Hall–Kier alpha value is -1.36. The van der Waals surface area contributed by atoms with E-state index in [1.54, 1.807) is 0 Å². The summed E-state index contributed by atoms with van der Waals surface area (Å²) < 4.78 is 22.2. The van der Waals surface area contributed by atoms with E-state index in [9.17, 15) is 13.2 Å². The molecule has 70 valence electrons. The van der Waals surface area contributed by atoms with E-state index in [-0.39, 0.29) is 10.6 Å².